The van der Waals surface area contributed by atoms with E-state index < -0.39 is 0 Å². The van der Waals surface area contributed by atoms with E-state index in [1.807, 2.05) is 6.20 Å². The number of rotatable bonds is 5. The van der Waals surface area contributed by atoms with E-state index in [1.165, 1.54) is 17.0 Å². The number of nitrogens with one attached hydrogen (secondary N) is 1. The summed E-state index contributed by atoms with van der Waals surface area (Å²) in [6, 6.07) is 5.89. The van der Waals surface area contributed by atoms with Gasteiger partial charge in [0.25, 0.3) is 0 Å². The summed E-state index contributed by atoms with van der Waals surface area (Å²) < 4.78 is 14.9. The molecule has 0 fully saturated rings. The Hall–Kier alpha value is -2.70. The van der Waals surface area contributed by atoms with Crippen LogP contribution in [0.2, 0.25) is 0 Å². The van der Waals surface area contributed by atoms with Gasteiger partial charge in [0.1, 0.15) is 12.4 Å². The van der Waals surface area contributed by atoms with Crippen LogP contribution in [0.25, 0.3) is 0 Å². The number of aromatic nitrogens is 2. The smallest absolute Gasteiger partial charge is 0.243 e. The Morgan fingerprint density at radius 2 is 2.19 bits per heavy atom. The Morgan fingerprint density at radius 1 is 1.38 bits per heavy atom. The highest BCUT2D eigenvalue weighted by Crippen LogP contribution is 2.28. The average Bonchev–Trinajstić information content (AvgIpc) is 2.98. The molecule has 1 aliphatic carbocycles. The number of hydrogen-bond donors (Lipinski definition) is 1. The van der Waals surface area contributed by atoms with E-state index in [1.54, 1.807) is 30.9 Å². The third-order valence-corrected chi connectivity index (χ3v) is 4.52. The largest absolute Gasteiger partial charge is 0.347 e. The number of benzene rings is 1. The molecule has 1 N–H and O–H groups in total. The maximum Gasteiger partial charge on any atom is 0.243 e. The van der Waals surface area contributed by atoms with Gasteiger partial charge in [0.15, 0.2) is 0 Å². The molecule has 1 atom stereocenters. The summed E-state index contributed by atoms with van der Waals surface area (Å²) in [4.78, 5) is 25.8. The molecule has 1 heterocycles. The summed E-state index contributed by atoms with van der Waals surface area (Å²) in [6.45, 7) is 0.184. The van der Waals surface area contributed by atoms with E-state index in [-0.39, 0.29) is 36.6 Å². The summed E-state index contributed by atoms with van der Waals surface area (Å²) in [6.07, 6.45) is 4.67. The molecule has 1 aliphatic rings. The van der Waals surface area contributed by atoms with E-state index in [0.717, 1.165) is 30.5 Å². The van der Waals surface area contributed by atoms with E-state index in [2.05, 4.69) is 10.4 Å². The molecule has 1 aromatic heterocycles. The number of aryl methyl sites for hydroxylation is 1. The van der Waals surface area contributed by atoms with Crippen LogP contribution in [0.4, 0.5) is 4.39 Å². The van der Waals surface area contributed by atoms with Crippen molar-refractivity contribution in [2.24, 2.45) is 0 Å². The standard InChI is InChI=1S/C19H23FN4O2/c1-23(2)18(26)12-24-11-14-6-4-8-16(19(14)22-24)21-17(25)10-13-5-3-7-15(20)9-13/h3,5,7,9,11,16H,4,6,8,10,12H2,1-2H3,(H,21,25)/t16-/m0/s1. The molecule has 1 aromatic carbocycles. The number of hydrogen-bond acceptors (Lipinski definition) is 3. The van der Waals surface area contributed by atoms with Gasteiger partial charge in [-0.2, -0.15) is 5.10 Å². The van der Waals surface area contributed by atoms with Crippen molar-refractivity contribution in [3.63, 3.8) is 0 Å². The van der Waals surface area contributed by atoms with Gasteiger partial charge in [0, 0.05) is 20.3 Å². The van der Waals surface area contributed by atoms with Crippen LogP contribution in [-0.2, 0) is 29.0 Å². The molecule has 3 rings (SSSR count). The fraction of sp³-hybridized carbons (Fsp3) is 0.421. The summed E-state index contributed by atoms with van der Waals surface area (Å²) in [5.74, 6) is -0.538. The van der Waals surface area contributed by atoms with Crippen LogP contribution in [-0.4, -0.2) is 40.6 Å². The fourth-order valence-electron chi connectivity index (χ4n) is 3.18. The Balaban J connectivity index is 1.68. The summed E-state index contributed by atoms with van der Waals surface area (Å²) in [7, 11) is 3.42. The van der Waals surface area contributed by atoms with Crippen molar-refractivity contribution in [3.05, 3.63) is 53.1 Å². The highest BCUT2D eigenvalue weighted by molar-refractivity contribution is 5.79. The second-order valence-electron chi connectivity index (χ2n) is 6.84. The number of likely N-dealkylation sites (N-methyl/N-ethyl adjacent to an activating group) is 1. The molecule has 138 valence electrons. The lowest BCUT2D eigenvalue weighted by Crippen LogP contribution is -2.32. The van der Waals surface area contributed by atoms with Crippen molar-refractivity contribution < 1.29 is 14.0 Å². The molecule has 0 spiro atoms. The van der Waals surface area contributed by atoms with Gasteiger partial charge in [-0.15, -0.1) is 0 Å². The van der Waals surface area contributed by atoms with Crippen molar-refractivity contribution in [1.82, 2.24) is 20.0 Å². The number of fused-ring (bicyclic) bond motifs is 1. The summed E-state index contributed by atoms with van der Waals surface area (Å²) in [5, 5.41) is 7.52. The molecular weight excluding hydrogens is 335 g/mol. The van der Waals surface area contributed by atoms with Crippen LogP contribution in [0.1, 0.15) is 35.7 Å². The lowest BCUT2D eigenvalue weighted by molar-refractivity contribution is -0.129. The monoisotopic (exact) mass is 358 g/mol. The first-order valence-corrected chi connectivity index (χ1v) is 8.72. The molecule has 0 radical (unpaired) electrons. The number of halogens is 1. The third-order valence-electron chi connectivity index (χ3n) is 4.52. The van der Waals surface area contributed by atoms with Crippen LogP contribution in [0.15, 0.2) is 30.5 Å². The zero-order valence-electron chi connectivity index (χ0n) is 15.0. The van der Waals surface area contributed by atoms with Crippen LogP contribution in [0.3, 0.4) is 0 Å². The van der Waals surface area contributed by atoms with Gasteiger partial charge in [0.05, 0.1) is 18.2 Å². The maximum atomic E-state index is 13.3. The minimum Gasteiger partial charge on any atom is -0.347 e. The van der Waals surface area contributed by atoms with Crippen molar-refractivity contribution in [2.45, 2.75) is 38.3 Å². The van der Waals surface area contributed by atoms with Crippen molar-refractivity contribution in [2.75, 3.05) is 14.1 Å². The Kier molecular flexibility index (Phi) is 5.35. The summed E-state index contributed by atoms with van der Waals surface area (Å²) in [5.41, 5.74) is 2.54. The minimum absolute atomic E-state index is 0.0310. The molecular formula is C19H23FN4O2. The SMILES string of the molecule is CN(C)C(=O)Cn1cc2c(n1)[C@@H](NC(=O)Cc1cccc(F)c1)CCC2. The van der Waals surface area contributed by atoms with Crippen molar-refractivity contribution in [3.8, 4) is 0 Å². The van der Waals surface area contributed by atoms with Crippen molar-refractivity contribution >= 4 is 11.8 Å². The molecule has 2 amide bonds. The van der Waals surface area contributed by atoms with E-state index in [9.17, 15) is 14.0 Å². The molecule has 7 heteroatoms. The number of carbonyl (C=O) groups excluding carboxylic acids is 2. The molecule has 6 nitrogen and oxygen atoms in total. The average molecular weight is 358 g/mol. The maximum absolute atomic E-state index is 13.3. The molecule has 0 bridgehead atoms. The number of carbonyl (C=O) groups is 2. The normalized spacial score (nSPS) is 16.0. The van der Waals surface area contributed by atoms with Gasteiger partial charge in [-0.05, 0) is 42.5 Å². The van der Waals surface area contributed by atoms with Crippen molar-refractivity contribution in [1.29, 1.82) is 0 Å². The second kappa shape index (κ2) is 7.68. The molecule has 0 aliphatic heterocycles. The predicted molar refractivity (Wildman–Crippen MR) is 94.8 cm³/mol. The van der Waals surface area contributed by atoms with Gasteiger partial charge in [-0.1, -0.05) is 12.1 Å². The first-order valence-electron chi connectivity index (χ1n) is 8.72. The van der Waals surface area contributed by atoms with Gasteiger partial charge in [0.2, 0.25) is 11.8 Å². The molecule has 2 aromatic rings. The topological polar surface area (TPSA) is 67.2 Å². The minimum atomic E-state index is -0.348. The van der Waals surface area contributed by atoms with Crippen LogP contribution >= 0.6 is 0 Å². The first kappa shape index (κ1) is 18.1. The predicted octanol–water partition coefficient (Wildman–Crippen LogP) is 1.85. The molecule has 0 saturated heterocycles. The summed E-state index contributed by atoms with van der Waals surface area (Å²) >= 11 is 0. The van der Waals surface area contributed by atoms with Crippen LogP contribution in [0.5, 0.6) is 0 Å². The van der Waals surface area contributed by atoms with E-state index in [0.29, 0.717) is 5.56 Å². The van der Waals surface area contributed by atoms with E-state index in [4.69, 9.17) is 0 Å². The first-order chi connectivity index (χ1) is 12.4. The zero-order valence-corrected chi connectivity index (χ0v) is 15.0. The lowest BCUT2D eigenvalue weighted by atomic mass is 9.93. The van der Waals surface area contributed by atoms with Gasteiger partial charge in [-0.25, -0.2) is 4.39 Å². The van der Waals surface area contributed by atoms with Crippen LogP contribution in [0, 0.1) is 5.82 Å². The number of nitrogens with zero attached hydrogens (tertiary/aromatic N) is 3. The Labute approximate surface area is 152 Å². The Morgan fingerprint density at radius 3 is 2.92 bits per heavy atom. The lowest BCUT2D eigenvalue weighted by Gasteiger charge is -2.22. The fourth-order valence-corrected chi connectivity index (χ4v) is 3.18. The molecule has 26 heavy (non-hydrogen) atoms. The Bertz CT molecular complexity index is 816. The van der Waals surface area contributed by atoms with Crippen LogP contribution < -0.4 is 5.32 Å². The highest BCUT2D eigenvalue weighted by Gasteiger charge is 2.25. The highest BCUT2D eigenvalue weighted by atomic mass is 19.1. The molecule has 0 unspecified atom stereocenters. The quantitative estimate of drug-likeness (QED) is 0.887. The van der Waals surface area contributed by atoms with Gasteiger partial charge < -0.3 is 10.2 Å². The molecule has 0 saturated carbocycles. The van der Waals surface area contributed by atoms with Gasteiger partial charge >= 0.3 is 0 Å². The third kappa shape index (κ3) is 4.28. The number of amides is 2. The van der Waals surface area contributed by atoms with Gasteiger partial charge in [-0.3, -0.25) is 14.3 Å². The zero-order chi connectivity index (χ0) is 18.7. The second-order valence-corrected chi connectivity index (χ2v) is 6.84. The van der Waals surface area contributed by atoms with E-state index >= 15 is 0 Å².